The van der Waals surface area contributed by atoms with Crippen molar-refractivity contribution in [2.24, 2.45) is 5.73 Å². The second-order valence-corrected chi connectivity index (χ2v) is 12.0. The Labute approximate surface area is 161 Å². The van der Waals surface area contributed by atoms with Gasteiger partial charge in [0.05, 0.1) is 18.1 Å². The van der Waals surface area contributed by atoms with Crippen LogP contribution in [0.5, 0.6) is 0 Å². The van der Waals surface area contributed by atoms with Crippen LogP contribution in [0.1, 0.15) is 30.9 Å². The molecule has 6 heteroatoms. The quantitative estimate of drug-likeness (QED) is 0.492. The Hall–Kier alpha value is -2.96. The van der Waals surface area contributed by atoms with Crippen LogP contribution in [-0.2, 0) is 14.3 Å². The highest BCUT2D eigenvalue weighted by atomic mass is 28.3. The molecule has 0 amide bonds. The highest BCUT2D eigenvalue weighted by molar-refractivity contribution is 6.83. The van der Waals surface area contributed by atoms with E-state index < -0.39 is 20.0 Å². The fourth-order valence-corrected chi connectivity index (χ4v) is 3.26. The number of benzene rings is 1. The van der Waals surface area contributed by atoms with E-state index in [0.717, 1.165) is 11.1 Å². The van der Waals surface area contributed by atoms with Crippen LogP contribution in [0.3, 0.4) is 0 Å². The smallest absolute Gasteiger partial charge is 0.338 e. The lowest BCUT2D eigenvalue weighted by Crippen LogP contribution is -2.25. The minimum Gasteiger partial charge on any atom is -0.463 e. The van der Waals surface area contributed by atoms with E-state index in [1.807, 2.05) is 24.3 Å². The van der Waals surface area contributed by atoms with Gasteiger partial charge < -0.3 is 15.2 Å². The molecule has 0 aromatic heterocycles. The third-order valence-electron chi connectivity index (χ3n) is 3.90. The van der Waals surface area contributed by atoms with Crippen LogP contribution >= 0.6 is 0 Å². The molecule has 1 atom stereocenters. The fourth-order valence-electron chi connectivity index (χ4n) is 2.74. The predicted octanol–water partition coefficient (Wildman–Crippen LogP) is 3.56. The second kappa shape index (κ2) is 8.16. The SMILES string of the molecule is CCOC(=O)C1=C(C)OC(N)=C(C#N)C1c1cccc(C#C[Si](C)(C)C)c1. The van der Waals surface area contributed by atoms with Crippen molar-refractivity contribution < 1.29 is 14.3 Å². The average Bonchev–Trinajstić information content (AvgIpc) is 2.59. The zero-order chi connectivity index (χ0) is 20.2. The van der Waals surface area contributed by atoms with Gasteiger partial charge >= 0.3 is 5.97 Å². The summed E-state index contributed by atoms with van der Waals surface area (Å²) in [6.45, 7) is 10.1. The van der Waals surface area contributed by atoms with Crippen LogP contribution in [0.15, 0.2) is 47.1 Å². The summed E-state index contributed by atoms with van der Waals surface area (Å²) in [4.78, 5) is 12.5. The molecule has 0 saturated carbocycles. The van der Waals surface area contributed by atoms with Crippen molar-refractivity contribution >= 4 is 14.0 Å². The number of hydrogen-bond donors (Lipinski definition) is 1. The van der Waals surface area contributed by atoms with Crippen molar-refractivity contribution in [2.45, 2.75) is 39.4 Å². The predicted molar refractivity (Wildman–Crippen MR) is 107 cm³/mol. The zero-order valence-electron chi connectivity index (χ0n) is 16.3. The molecule has 1 aliphatic heterocycles. The van der Waals surface area contributed by atoms with Crippen LogP contribution in [0.4, 0.5) is 0 Å². The number of carbonyl (C=O) groups is 1. The van der Waals surface area contributed by atoms with Gasteiger partial charge in [-0.25, -0.2) is 4.79 Å². The Balaban J connectivity index is 2.60. The Morgan fingerprint density at radius 1 is 1.37 bits per heavy atom. The zero-order valence-corrected chi connectivity index (χ0v) is 17.3. The summed E-state index contributed by atoms with van der Waals surface area (Å²) in [5.41, 5.74) is 11.3. The van der Waals surface area contributed by atoms with Gasteiger partial charge in [0.15, 0.2) is 0 Å². The van der Waals surface area contributed by atoms with Gasteiger partial charge in [-0.15, -0.1) is 5.54 Å². The maximum Gasteiger partial charge on any atom is 0.338 e. The molecule has 0 bridgehead atoms. The van der Waals surface area contributed by atoms with Gasteiger partial charge in [-0.3, -0.25) is 0 Å². The van der Waals surface area contributed by atoms with E-state index in [4.69, 9.17) is 15.2 Å². The van der Waals surface area contributed by atoms with E-state index in [2.05, 4.69) is 37.2 Å². The molecule has 1 aromatic carbocycles. The lowest BCUT2D eigenvalue weighted by Gasteiger charge is -2.26. The molecule has 1 aliphatic rings. The van der Waals surface area contributed by atoms with Crippen LogP contribution in [-0.4, -0.2) is 20.7 Å². The summed E-state index contributed by atoms with van der Waals surface area (Å²) in [5.74, 6) is 2.40. The molecule has 0 radical (unpaired) electrons. The van der Waals surface area contributed by atoms with Crippen LogP contribution < -0.4 is 5.73 Å². The lowest BCUT2D eigenvalue weighted by atomic mass is 9.82. The average molecular weight is 381 g/mol. The van der Waals surface area contributed by atoms with Crippen molar-refractivity contribution in [3.63, 3.8) is 0 Å². The summed E-state index contributed by atoms with van der Waals surface area (Å²) >= 11 is 0. The monoisotopic (exact) mass is 380 g/mol. The fraction of sp³-hybridized carbons (Fsp3) is 0.333. The lowest BCUT2D eigenvalue weighted by molar-refractivity contribution is -0.139. The molecule has 0 fully saturated rings. The minimum absolute atomic E-state index is 0.00614. The first-order valence-electron chi connectivity index (χ1n) is 8.76. The number of ether oxygens (including phenoxy) is 2. The number of carbonyl (C=O) groups excluding carboxylic acids is 1. The molecule has 27 heavy (non-hydrogen) atoms. The Kier molecular flexibility index (Phi) is 6.15. The van der Waals surface area contributed by atoms with E-state index in [0.29, 0.717) is 5.76 Å². The first-order valence-corrected chi connectivity index (χ1v) is 12.3. The largest absolute Gasteiger partial charge is 0.463 e. The number of hydrogen-bond acceptors (Lipinski definition) is 5. The maximum absolute atomic E-state index is 12.5. The molecule has 2 N–H and O–H groups in total. The van der Waals surface area contributed by atoms with Crippen LogP contribution in [0.2, 0.25) is 19.6 Å². The second-order valence-electron chi connectivity index (χ2n) is 7.24. The number of rotatable bonds is 3. The number of nitrogens with zero attached hydrogens (tertiary/aromatic N) is 1. The first kappa shape index (κ1) is 20.4. The van der Waals surface area contributed by atoms with Crippen molar-refractivity contribution in [1.82, 2.24) is 0 Å². The number of allylic oxidation sites excluding steroid dienone is 2. The van der Waals surface area contributed by atoms with Gasteiger partial charge in [0.2, 0.25) is 5.88 Å². The normalized spacial score (nSPS) is 16.8. The molecule has 1 unspecified atom stereocenters. The third kappa shape index (κ3) is 4.81. The van der Waals surface area contributed by atoms with Gasteiger partial charge in [-0.05, 0) is 31.5 Å². The summed E-state index contributed by atoms with van der Waals surface area (Å²) in [5, 5.41) is 9.62. The van der Waals surface area contributed by atoms with Gasteiger partial charge in [-0.2, -0.15) is 5.26 Å². The Morgan fingerprint density at radius 2 is 2.07 bits per heavy atom. The topological polar surface area (TPSA) is 85.3 Å². The molecular formula is C21H24N2O3Si. The number of esters is 1. The Morgan fingerprint density at radius 3 is 2.67 bits per heavy atom. The molecule has 1 aromatic rings. The van der Waals surface area contributed by atoms with Crippen molar-refractivity contribution in [1.29, 1.82) is 5.26 Å². The van der Waals surface area contributed by atoms with Crippen molar-refractivity contribution in [2.75, 3.05) is 6.61 Å². The van der Waals surface area contributed by atoms with Crippen LogP contribution in [0, 0.1) is 22.8 Å². The van der Waals surface area contributed by atoms with Gasteiger partial charge in [-0.1, -0.05) is 37.7 Å². The summed E-state index contributed by atoms with van der Waals surface area (Å²) < 4.78 is 10.6. The standard InChI is InChI=1S/C21H24N2O3Si/c1-6-25-21(24)18-14(2)26-20(23)17(13-22)19(18)16-9-7-8-15(12-16)10-11-27(3,4)5/h7-9,12,19H,6,23H2,1-5H3. The maximum atomic E-state index is 12.5. The highest BCUT2D eigenvalue weighted by Gasteiger charge is 2.36. The molecule has 0 saturated heterocycles. The van der Waals surface area contributed by atoms with Crippen molar-refractivity contribution in [3.8, 4) is 17.5 Å². The summed E-state index contributed by atoms with van der Waals surface area (Å²) in [7, 11) is -1.53. The van der Waals surface area contributed by atoms with E-state index in [9.17, 15) is 10.1 Å². The van der Waals surface area contributed by atoms with E-state index >= 15 is 0 Å². The molecule has 5 nitrogen and oxygen atoms in total. The summed E-state index contributed by atoms with van der Waals surface area (Å²) in [6.07, 6.45) is 0. The molecule has 0 aliphatic carbocycles. The molecular weight excluding hydrogens is 356 g/mol. The number of nitriles is 1. The molecule has 140 valence electrons. The van der Waals surface area contributed by atoms with Gasteiger partial charge in [0, 0.05) is 5.56 Å². The van der Waals surface area contributed by atoms with Gasteiger partial charge in [0.25, 0.3) is 0 Å². The molecule has 0 spiro atoms. The Bertz CT molecular complexity index is 921. The molecule has 2 rings (SSSR count). The summed E-state index contributed by atoms with van der Waals surface area (Å²) in [6, 6.07) is 9.60. The van der Waals surface area contributed by atoms with E-state index in [1.54, 1.807) is 13.8 Å². The van der Waals surface area contributed by atoms with Gasteiger partial charge in [0.1, 0.15) is 25.5 Å². The van der Waals surface area contributed by atoms with E-state index in [1.165, 1.54) is 0 Å². The molecule has 1 heterocycles. The first-order chi connectivity index (χ1) is 12.7. The third-order valence-corrected chi connectivity index (χ3v) is 4.78. The highest BCUT2D eigenvalue weighted by Crippen LogP contribution is 2.39. The minimum atomic E-state index is -1.53. The van der Waals surface area contributed by atoms with Crippen LogP contribution in [0.25, 0.3) is 0 Å². The number of nitrogens with two attached hydrogens (primary N) is 1. The van der Waals surface area contributed by atoms with Crippen molar-refractivity contribution in [3.05, 3.63) is 58.2 Å². The van der Waals surface area contributed by atoms with E-state index in [-0.39, 0.29) is 23.6 Å².